The fourth-order valence-corrected chi connectivity index (χ4v) is 3.00. The molecule has 5 heteroatoms. The highest BCUT2D eigenvalue weighted by atomic mass is 16.2. The molecule has 0 aromatic heterocycles. The van der Waals surface area contributed by atoms with Crippen molar-refractivity contribution in [1.29, 1.82) is 0 Å². The van der Waals surface area contributed by atoms with Gasteiger partial charge in [0.15, 0.2) is 0 Å². The summed E-state index contributed by atoms with van der Waals surface area (Å²) in [5.41, 5.74) is -0.161. The minimum atomic E-state index is -0.161. The summed E-state index contributed by atoms with van der Waals surface area (Å²) in [5, 5.41) is 3.34. The number of hydrogen-bond donors (Lipinski definition) is 1. The van der Waals surface area contributed by atoms with E-state index in [0.717, 1.165) is 45.6 Å². The molecule has 114 valence electrons. The van der Waals surface area contributed by atoms with Gasteiger partial charge in [0, 0.05) is 45.6 Å². The molecule has 2 heterocycles. The molecule has 2 aliphatic rings. The predicted molar refractivity (Wildman–Crippen MR) is 78.3 cm³/mol. The van der Waals surface area contributed by atoms with E-state index in [9.17, 15) is 9.59 Å². The smallest absolute Gasteiger partial charge is 0.229 e. The lowest BCUT2D eigenvalue weighted by molar-refractivity contribution is -0.152. The van der Waals surface area contributed by atoms with Gasteiger partial charge in [-0.25, -0.2) is 0 Å². The summed E-state index contributed by atoms with van der Waals surface area (Å²) in [4.78, 5) is 27.9. The Morgan fingerprint density at radius 2 is 1.55 bits per heavy atom. The van der Waals surface area contributed by atoms with E-state index in [4.69, 9.17) is 0 Å². The molecular weight excluding hydrogens is 254 g/mol. The van der Waals surface area contributed by atoms with Gasteiger partial charge in [-0.05, 0) is 24.8 Å². The zero-order valence-electron chi connectivity index (χ0n) is 12.8. The van der Waals surface area contributed by atoms with Gasteiger partial charge < -0.3 is 10.2 Å². The second kappa shape index (κ2) is 6.68. The van der Waals surface area contributed by atoms with Crippen molar-refractivity contribution in [1.82, 2.24) is 15.1 Å². The van der Waals surface area contributed by atoms with Crippen molar-refractivity contribution in [3.63, 3.8) is 0 Å². The molecular formula is C15H27N3O2. The second-order valence-corrected chi connectivity index (χ2v) is 6.76. The van der Waals surface area contributed by atoms with Gasteiger partial charge in [-0.15, -0.1) is 0 Å². The number of carbonyl (C=O) groups is 2. The minimum Gasteiger partial charge on any atom is -0.314 e. The van der Waals surface area contributed by atoms with Crippen LogP contribution in [0.25, 0.3) is 0 Å². The fraction of sp³-hybridized carbons (Fsp3) is 0.867. The molecule has 0 saturated carbocycles. The van der Waals surface area contributed by atoms with Crippen LogP contribution >= 0.6 is 0 Å². The quantitative estimate of drug-likeness (QED) is 0.599. The van der Waals surface area contributed by atoms with Crippen LogP contribution in [0.1, 0.15) is 39.5 Å². The van der Waals surface area contributed by atoms with Gasteiger partial charge in [0.05, 0.1) is 0 Å². The van der Waals surface area contributed by atoms with Gasteiger partial charge in [-0.2, -0.15) is 0 Å². The third-order valence-electron chi connectivity index (χ3n) is 4.18. The first-order valence-electron chi connectivity index (χ1n) is 7.74. The number of carbonyl (C=O) groups excluding carboxylic acids is 2. The van der Waals surface area contributed by atoms with Gasteiger partial charge in [-0.3, -0.25) is 14.5 Å². The predicted octanol–water partition coefficient (Wildman–Crippen LogP) is 0.847. The van der Waals surface area contributed by atoms with Gasteiger partial charge >= 0.3 is 0 Å². The van der Waals surface area contributed by atoms with Crippen molar-refractivity contribution in [3.8, 4) is 0 Å². The normalized spacial score (nSPS) is 24.2. The summed E-state index contributed by atoms with van der Waals surface area (Å²) < 4.78 is 0. The van der Waals surface area contributed by atoms with Gasteiger partial charge in [0.25, 0.3) is 0 Å². The fourth-order valence-electron chi connectivity index (χ4n) is 3.00. The summed E-state index contributed by atoms with van der Waals surface area (Å²) in [7, 11) is 0. The van der Waals surface area contributed by atoms with Crippen molar-refractivity contribution in [2.24, 2.45) is 5.41 Å². The van der Waals surface area contributed by atoms with Crippen LogP contribution in [0.15, 0.2) is 0 Å². The van der Waals surface area contributed by atoms with Crippen LogP contribution in [0.3, 0.4) is 0 Å². The van der Waals surface area contributed by atoms with E-state index < -0.39 is 0 Å². The molecule has 0 aliphatic carbocycles. The Balaban J connectivity index is 1.68. The van der Waals surface area contributed by atoms with E-state index in [1.165, 1.54) is 4.90 Å². The Kier molecular flexibility index (Phi) is 5.16. The highest BCUT2D eigenvalue weighted by Crippen LogP contribution is 2.31. The molecule has 0 bridgehead atoms. The summed E-state index contributed by atoms with van der Waals surface area (Å²) in [6, 6.07) is 0. The molecule has 5 nitrogen and oxygen atoms in total. The monoisotopic (exact) mass is 281 g/mol. The van der Waals surface area contributed by atoms with E-state index in [-0.39, 0.29) is 17.2 Å². The van der Waals surface area contributed by atoms with E-state index in [1.54, 1.807) is 0 Å². The first-order valence-corrected chi connectivity index (χ1v) is 7.74. The number of likely N-dealkylation sites (tertiary alicyclic amines) is 1. The highest BCUT2D eigenvalue weighted by molar-refractivity contribution is 5.98. The molecule has 2 amide bonds. The molecule has 2 rings (SSSR count). The van der Waals surface area contributed by atoms with Gasteiger partial charge in [0.1, 0.15) is 0 Å². The first-order chi connectivity index (χ1) is 9.48. The number of amides is 2. The van der Waals surface area contributed by atoms with Crippen molar-refractivity contribution in [2.45, 2.75) is 39.5 Å². The van der Waals surface area contributed by atoms with E-state index in [1.807, 2.05) is 13.8 Å². The van der Waals surface area contributed by atoms with Crippen molar-refractivity contribution < 1.29 is 9.59 Å². The van der Waals surface area contributed by atoms with Crippen LogP contribution in [0.2, 0.25) is 0 Å². The van der Waals surface area contributed by atoms with E-state index in [2.05, 4.69) is 10.2 Å². The second-order valence-electron chi connectivity index (χ2n) is 6.76. The van der Waals surface area contributed by atoms with Crippen LogP contribution in [0, 0.1) is 5.41 Å². The number of nitrogens with zero attached hydrogens (tertiary/aromatic N) is 2. The Labute approximate surface area is 121 Å². The summed E-state index contributed by atoms with van der Waals surface area (Å²) in [6.45, 7) is 10.0. The third-order valence-corrected chi connectivity index (χ3v) is 4.18. The van der Waals surface area contributed by atoms with Crippen molar-refractivity contribution >= 4 is 11.8 Å². The third kappa shape index (κ3) is 4.28. The molecule has 0 spiro atoms. The zero-order chi connectivity index (χ0) is 14.6. The van der Waals surface area contributed by atoms with Crippen LogP contribution in [-0.2, 0) is 9.59 Å². The molecule has 1 N–H and O–H groups in total. The lowest BCUT2D eigenvalue weighted by Gasteiger charge is -2.35. The SMILES string of the molecule is CC1(C)CC(=O)N(CCCCN2CCNCC2)C(=O)C1. The average Bonchev–Trinajstić information content (AvgIpc) is 2.37. The van der Waals surface area contributed by atoms with E-state index >= 15 is 0 Å². The molecule has 0 aromatic carbocycles. The van der Waals surface area contributed by atoms with Gasteiger partial charge in [-0.1, -0.05) is 13.8 Å². The van der Waals surface area contributed by atoms with Crippen LogP contribution in [-0.4, -0.2) is 60.9 Å². The standard InChI is InChI=1S/C15H27N3O2/c1-15(2)11-13(19)18(14(20)12-15)8-4-3-7-17-9-5-16-6-10-17/h16H,3-12H2,1-2H3. The Morgan fingerprint density at radius 1 is 1.00 bits per heavy atom. The summed E-state index contributed by atoms with van der Waals surface area (Å²) in [6.07, 6.45) is 2.97. The van der Waals surface area contributed by atoms with Crippen LogP contribution in [0.5, 0.6) is 0 Å². The zero-order valence-corrected chi connectivity index (χ0v) is 12.8. The molecule has 0 radical (unpaired) electrons. The van der Waals surface area contributed by atoms with E-state index in [0.29, 0.717) is 19.4 Å². The largest absolute Gasteiger partial charge is 0.314 e. The number of rotatable bonds is 5. The van der Waals surface area contributed by atoms with Gasteiger partial charge in [0.2, 0.25) is 11.8 Å². The van der Waals surface area contributed by atoms with Crippen molar-refractivity contribution in [2.75, 3.05) is 39.3 Å². The summed E-state index contributed by atoms with van der Waals surface area (Å²) in [5.74, 6) is 0.0156. The number of piperidine rings is 1. The first kappa shape index (κ1) is 15.4. The lowest BCUT2D eigenvalue weighted by atomic mass is 9.82. The number of hydrogen-bond acceptors (Lipinski definition) is 4. The number of unbranched alkanes of at least 4 members (excludes halogenated alkanes) is 1. The molecule has 0 atom stereocenters. The van der Waals surface area contributed by atoms with Crippen molar-refractivity contribution in [3.05, 3.63) is 0 Å². The maximum Gasteiger partial charge on any atom is 0.229 e. The maximum atomic E-state index is 12.0. The Hall–Kier alpha value is -0.940. The lowest BCUT2D eigenvalue weighted by Crippen LogP contribution is -2.46. The molecule has 2 fully saturated rings. The molecule has 2 saturated heterocycles. The number of imide groups is 1. The average molecular weight is 281 g/mol. The molecule has 20 heavy (non-hydrogen) atoms. The van der Waals surface area contributed by atoms with Crippen LogP contribution in [0.4, 0.5) is 0 Å². The summed E-state index contributed by atoms with van der Waals surface area (Å²) >= 11 is 0. The molecule has 0 unspecified atom stereocenters. The minimum absolute atomic E-state index is 0.00780. The molecule has 2 aliphatic heterocycles. The Morgan fingerprint density at radius 3 is 2.15 bits per heavy atom. The topological polar surface area (TPSA) is 52.7 Å². The highest BCUT2D eigenvalue weighted by Gasteiger charge is 2.36. The molecule has 0 aromatic rings. The van der Waals surface area contributed by atoms with Crippen LogP contribution < -0.4 is 5.32 Å². The number of nitrogens with one attached hydrogen (secondary N) is 1. The Bertz CT molecular complexity index is 342. The number of piperazine rings is 1. The maximum absolute atomic E-state index is 12.0.